The van der Waals surface area contributed by atoms with Crippen molar-refractivity contribution in [2.75, 3.05) is 11.9 Å². The highest BCUT2D eigenvalue weighted by molar-refractivity contribution is 5.80. The van der Waals surface area contributed by atoms with Gasteiger partial charge in [0.2, 0.25) is 5.95 Å². The van der Waals surface area contributed by atoms with E-state index in [4.69, 9.17) is 4.98 Å². The maximum atomic E-state index is 4.89. The highest BCUT2D eigenvalue weighted by atomic mass is 15.4. The molecule has 6 heteroatoms. The number of benzene rings is 1. The van der Waals surface area contributed by atoms with Crippen LogP contribution in [0.5, 0.6) is 0 Å². The smallest absolute Gasteiger partial charge is 0.223 e. The summed E-state index contributed by atoms with van der Waals surface area (Å²) in [5, 5.41) is 3.43. The molecule has 3 heterocycles. The van der Waals surface area contributed by atoms with Crippen LogP contribution in [0.1, 0.15) is 24.8 Å². The van der Waals surface area contributed by atoms with E-state index in [1.165, 1.54) is 18.4 Å². The Morgan fingerprint density at radius 1 is 1.00 bits per heavy atom. The lowest BCUT2D eigenvalue weighted by Crippen LogP contribution is -2.37. The highest BCUT2D eigenvalue weighted by Crippen LogP contribution is 2.35. The number of hydrogen-bond acceptors (Lipinski definition) is 6. The van der Waals surface area contributed by atoms with E-state index >= 15 is 0 Å². The summed E-state index contributed by atoms with van der Waals surface area (Å²) in [6.07, 6.45) is 9.38. The summed E-state index contributed by atoms with van der Waals surface area (Å²) < 4.78 is 0. The number of nitrogens with zero attached hydrogens (tertiary/aromatic N) is 3. The summed E-state index contributed by atoms with van der Waals surface area (Å²) in [5.41, 5.74) is 12.2. The van der Waals surface area contributed by atoms with Crippen LogP contribution < -0.4 is 16.2 Å². The average Bonchev–Trinajstić information content (AvgIpc) is 3.51. The largest absolute Gasteiger partial charge is 0.353 e. The van der Waals surface area contributed by atoms with E-state index in [1.54, 1.807) is 12.4 Å². The first-order valence-electron chi connectivity index (χ1n) is 10.4. The van der Waals surface area contributed by atoms with E-state index in [1.807, 2.05) is 18.3 Å². The number of anilines is 1. The van der Waals surface area contributed by atoms with Gasteiger partial charge in [0.1, 0.15) is 0 Å². The fourth-order valence-electron chi connectivity index (χ4n) is 3.95. The highest BCUT2D eigenvalue weighted by Gasteiger charge is 2.36. The lowest BCUT2D eigenvalue weighted by Gasteiger charge is -2.14. The van der Waals surface area contributed by atoms with Crippen molar-refractivity contribution in [1.82, 2.24) is 25.8 Å². The zero-order valence-electron chi connectivity index (χ0n) is 16.6. The molecule has 3 N–H and O–H groups in total. The Bertz CT molecular complexity index is 968. The Morgan fingerprint density at radius 2 is 1.79 bits per heavy atom. The van der Waals surface area contributed by atoms with Crippen LogP contribution in [0.4, 0.5) is 5.95 Å². The standard InChI is InChI=1S/C23H26N6/c1-15-2-4-18(5-3-15)22-20(16-8-10-24-11-9-16)14-26-23(27-22)25-13-19-12-21(29-28-19)17-6-7-17/h2-5,8-11,14,17,19,21,28-29H,6-7,12-13H2,1H3,(H,25,26,27). The molecule has 1 saturated heterocycles. The van der Waals surface area contributed by atoms with Gasteiger partial charge < -0.3 is 5.32 Å². The first-order chi connectivity index (χ1) is 14.3. The minimum absolute atomic E-state index is 0.395. The minimum Gasteiger partial charge on any atom is -0.353 e. The van der Waals surface area contributed by atoms with E-state index in [-0.39, 0.29) is 0 Å². The molecule has 0 bridgehead atoms. The summed E-state index contributed by atoms with van der Waals surface area (Å²) in [6.45, 7) is 2.90. The van der Waals surface area contributed by atoms with Crippen molar-refractivity contribution in [3.05, 3.63) is 60.6 Å². The van der Waals surface area contributed by atoms with Crippen molar-refractivity contribution >= 4 is 5.95 Å². The molecule has 148 valence electrons. The van der Waals surface area contributed by atoms with Crippen LogP contribution in [0.3, 0.4) is 0 Å². The number of nitrogens with one attached hydrogen (secondary N) is 3. The predicted molar refractivity (Wildman–Crippen MR) is 115 cm³/mol. The molecular formula is C23H26N6. The normalized spacial score (nSPS) is 21.3. The van der Waals surface area contributed by atoms with Crippen LogP contribution in [0.2, 0.25) is 0 Å². The van der Waals surface area contributed by atoms with Crippen LogP contribution in [0, 0.1) is 12.8 Å². The molecule has 6 nitrogen and oxygen atoms in total. The number of hydrogen-bond donors (Lipinski definition) is 3. The summed E-state index contributed by atoms with van der Waals surface area (Å²) in [6, 6.07) is 13.5. The predicted octanol–water partition coefficient (Wildman–Crippen LogP) is 3.57. The van der Waals surface area contributed by atoms with Crippen molar-refractivity contribution in [2.45, 2.75) is 38.3 Å². The number of hydrazine groups is 1. The fraction of sp³-hybridized carbons (Fsp3) is 0.348. The maximum Gasteiger partial charge on any atom is 0.223 e. The van der Waals surface area contributed by atoms with Gasteiger partial charge in [-0.1, -0.05) is 29.8 Å². The quantitative estimate of drug-likeness (QED) is 0.601. The van der Waals surface area contributed by atoms with Crippen LogP contribution in [-0.4, -0.2) is 33.6 Å². The summed E-state index contributed by atoms with van der Waals surface area (Å²) >= 11 is 0. The van der Waals surface area contributed by atoms with E-state index < -0.39 is 0 Å². The van der Waals surface area contributed by atoms with Gasteiger partial charge in [0.15, 0.2) is 0 Å². The molecule has 2 aromatic heterocycles. The van der Waals surface area contributed by atoms with Gasteiger partial charge in [-0.2, -0.15) is 0 Å². The van der Waals surface area contributed by atoms with Crippen LogP contribution >= 0.6 is 0 Å². The van der Waals surface area contributed by atoms with Gasteiger partial charge in [0, 0.05) is 48.3 Å². The van der Waals surface area contributed by atoms with E-state index in [2.05, 4.69) is 57.3 Å². The zero-order chi connectivity index (χ0) is 19.6. The minimum atomic E-state index is 0.395. The molecule has 2 unspecified atom stereocenters. The van der Waals surface area contributed by atoms with Gasteiger partial charge in [-0.05, 0) is 49.8 Å². The first kappa shape index (κ1) is 18.2. The van der Waals surface area contributed by atoms with E-state index in [9.17, 15) is 0 Å². The van der Waals surface area contributed by atoms with Gasteiger partial charge in [-0.25, -0.2) is 9.97 Å². The van der Waals surface area contributed by atoms with Crippen molar-refractivity contribution in [1.29, 1.82) is 0 Å². The molecule has 1 saturated carbocycles. The lowest BCUT2D eigenvalue weighted by atomic mass is 10.0. The second kappa shape index (κ2) is 7.89. The van der Waals surface area contributed by atoms with Crippen molar-refractivity contribution in [3.8, 4) is 22.4 Å². The third-order valence-electron chi connectivity index (χ3n) is 5.81. The second-order valence-corrected chi connectivity index (χ2v) is 8.10. The van der Waals surface area contributed by atoms with Crippen molar-refractivity contribution in [3.63, 3.8) is 0 Å². The molecule has 2 atom stereocenters. The topological polar surface area (TPSA) is 74.8 Å². The molecule has 1 aliphatic carbocycles. The number of aryl methyl sites for hydroxylation is 1. The Kier molecular flexibility index (Phi) is 4.96. The molecule has 1 aliphatic heterocycles. The van der Waals surface area contributed by atoms with E-state index in [0.29, 0.717) is 18.0 Å². The molecule has 0 spiro atoms. The lowest BCUT2D eigenvalue weighted by molar-refractivity contribution is 0.501. The third-order valence-corrected chi connectivity index (χ3v) is 5.81. The summed E-state index contributed by atoms with van der Waals surface area (Å²) in [5.74, 6) is 1.52. The van der Waals surface area contributed by atoms with Crippen molar-refractivity contribution in [2.24, 2.45) is 5.92 Å². The molecule has 1 aromatic carbocycles. The zero-order valence-corrected chi connectivity index (χ0v) is 16.6. The third kappa shape index (κ3) is 4.13. The molecule has 2 aliphatic rings. The van der Waals surface area contributed by atoms with Gasteiger partial charge in [0.25, 0.3) is 0 Å². The SMILES string of the molecule is Cc1ccc(-c2nc(NCC3CC(C4CC4)NN3)ncc2-c2ccncc2)cc1. The van der Waals surface area contributed by atoms with Crippen LogP contribution in [-0.2, 0) is 0 Å². The summed E-state index contributed by atoms with van der Waals surface area (Å²) in [4.78, 5) is 13.6. The van der Waals surface area contributed by atoms with Gasteiger partial charge in [-0.3, -0.25) is 15.8 Å². The molecule has 0 radical (unpaired) electrons. The first-order valence-corrected chi connectivity index (χ1v) is 10.4. The molecule has 29 heavy (non-hydrogen) atoms. The Morgan fingerprint density at radius 3 is 2.55 bits per heavy atom. The molecule has 5 rings (SSSR count). The molecular weight excluding hydrogens is 360 g/mol. The molecule has 3 aromatic rings. The number of rotatable bonds is 6. The second-order valence-electron chi connectivity index (χ2n) is 8.10. The van der Waals surface area contributed by atoms with Crippen LogP contribution in [0.15, 0.2) is 55.0 Å². The molecule has 0 amide bonds. The Hall–Kier alpha value is -2.83. The van der Waals surface area contributed by atoms with E-state index in [0.717, 1.165) is 41.3 Å². The number of pyridine rings is 1. The van der Waals surface area contributed by atoms with Gasteiger partial charge >= 0.3 is 0 Å². The maximum absolute atomic E-state index is 4.89. The Labute approximate surface area is 171 Å². The van der Waals surface area contributed by atoms with Crippen molar-refractivity contribution < 1.29 is 0 Å². The van der Waals surface area contributed by atoms with Crippen LogP contribution in [0.25, 0.3) is 22.4 Å². The monoisotopic (exact) mass is 386 g/mol. The summed E-state index contributed by atoms with van der Waals surface area (Å²) in [7, 11) is 0. The Balaban J connectivity index is 1.38. The average molecular weight is 387 g/mol. The van der Waals surface area contributed by atoms with Gasteiger partial charge in [0.05, 0.1) is 5.69 Å². The van der Waals surface area contributed by atoms with Gasteiger partial charge in [-0.15, -0.1) is 0 Å². The number of aromatic nitrogens is 3. The fourth-order valence-corrected chi connectivity index (χ4v) is 3.95. The molecule has 2 fully saturated rings.